The number of hydrogen-bond acceptors (Lipinski definition) is 8. The Hall–Kier alpha value is -2.13. The fourth-order valence-electron chi connectivity index (χ4n) is 2.45. The van der Waals surface area contributed by atoms with Gasteiger partial charge in [-0.1, -0.05) is 17.7 Å². The summed E-state index contributed by atoms with van der Waals surface area (Å²) < 4.78 is 16.4. The van der Waals surface area contributed by atoms with Crippen molar-refractivity contribution in [1.29, 1.82) is 0 Å². The van der Waals surface area contributed by atoms with E-state index >= 15 is 0 Å². The predicted molar refractivity (Wildman–Crippen MR) is 102 cm³/mol. The second-order valence-corrected chi connectivity index (χ2v) is 7.26. The van der Waals surface area contributed by atoms with Gasteiger partial charge in [0.1, 0.15) is 5.03 Å². The Morgan fingerprint density at radius 1 is 1.15 bits per heavy atom. The number of hydrogen-bond donors (Lipinski definition) is 0. The highest BCUT2D eigenvalue weighted by Crippen LogP contribution is 2.49. The molecule has 0 bridgehead atoms. The first-order valence-corrected chi connectivity index (χ1v) is 9.92. The number of aromatic nitrogens is 1. The topological polar surface area (TPSA) is 83.7 Å². The van der Waals surface area contributed by atoms with Crippen LogP contribution in [0.4, 0.5) is 0 Å². The summed E-state index contributed by atoms with van der Waals surface area (Å²) in [7, 11) is 7.56. The van der Waals surface area contributed by atoms with Crippen molar-refractivity contribution in [2.75, 3.05) is 21.3 Å². The molecule has 0 saturated carbocycles. The van der Waals surface area contributed by atoms with Gasteiger partial charge in [0.15, 0.2) is 11.5 Å². The quantitative estimate of drug-likeness (QED) is 0.353. The lowest BCUT2D eigenvalue weighted by Crippen LogP contribution is -2.01. The monoisotopic (exact) mass is 396 g/mol. The molecule has 26 heavy (non-hydrogen) atoms. The number of rotatable bonds is 9. The van der Waals surface area contributed by atoms with E-state index in [1.807, 2.05) is 13.0 Å². The molecule has 2 aromatic rings. The zero-order chi connectivity index (χ0) is 19.1. The van der Waals surface area contributed by atoms with Crippen LogP contribution in [0.25, 0.3) is 0 Å². The molecule has 0 amide bonds. The summed E-state index contributed by atoms with van der Waals surface area (Å²) in [5, 5.41) is 11.5. The third-order valence-corrected chi connectivity index (χ3v) is 6.02. The van der Waals surface area contributed by atoms with Gasteiger partial charge in [0.25, 0.3) is 0 Å². The third kappa shape index (κ3) is 4.53. The molecule has 0 saturated heterocycles. The van der Waals surface area contributed by atoms with Crippen LogP contribution < -0.4 is 14.2 Å². The highest BCUT2D eigenvalue weighted by atomic mass is 33.1. The Morgan fingerprint density at radius 3 is 2.46 bits per heavy atom. The number of pyridine rings is 1. The highest BCUT2D eigenvalue weighted by Gasteiger charge is 2.21. The van der Waals surface area contributed by atoms with Gasteiger partial charge in [-0.2, -0.15) is 0 Å². The molecule has 0 spiro atoms. The molecule has 0 unspecified atom stereocenters. The zero-order valence-electron chi connectivity index (χ0n) is 15.0. The predicted octanol–water partition coefficient (Wildman–Crippen LogP) is 4.25. The average molecular weight is 396 g/mol. The number of benzene rings is 1. The maximum absolute atomic E-state index is 10.8. The van der Waals surface area contributed by atoms with E-state index < -0.39 is 0 Å². The summed E-state index contributed by atoms with van der Waals surface area (Å²) >= 11 is 0. The van der Waals surface area contributed by atoms with Crippen molar-refractivity contribution in [3.63, 3.8) is 0 Å². The van der Waals surface area contributed by atoms with Gasteiger partial charge in [-0.15, -0.1) is 0 Å². The Kier molecular flexibility index (Phi) is 7.40. The van der Waals surface area contributed by atoms with Gasteiger partial charge in [-0.05, 0) is 35.4 Å². The van der Waals surface area contributed by atoms with Crippen molar-refractivity contribution in [3.05, 3.63) is 45.6 Å². The van der Waals surface area contributed by atoms with Crippen LogP contribution in [0.5, 0.6) is 17.2 Å². The minimum atomic E-state index is -0.358. The van der Waals surface area contributed by atoms with Crippen LogP contribution in [-0.2, 0) is 13.0 Å². The summed E-state index contributed by atoms with van der Waals surface area (Å²) in [6, 6.07) is 5.30. The van der Waals surface area contributed by atoms with Crippen molar-refractivity contribution in [1.82, 2.24) is 4.98 Å². The van der Waals surface area contributed by atoms with Crippen LogP contribution in [0.2, 0.25) is 0 Å². The van der Waals surface area contributed by atoms with Gasteiger partial charge >= 0.3 is 0 Å². The van der Waals surface area contributed by atoms with Crippen LogP contribution in [-0.4, -0.2) is 31.2 Å². The molecule has 2 rings (SSSR count). The van der Waals surface area contributed by atoms with E-state index in [0.717, 1.165) is 16.9 Å². The smallest absolute Gasteiger partial charge is 0.231 e. The number of nitrogens with zero attached hydrogens (tertiary/aromatic N) is 2. The largest absolute Gasteiger partial charge is 0.493 e. The molecular formula is C17H20N2O5S2. The zero-order valence-corrected chi connectivity index (χ0v) is 16.6. The molecule has 0 N–H and O–H groups in total. The van der Waals surface area contributed by atoms with Gasteiger partial charge in [0, 0.05) is 21.6 Å². The first-order chi connectivity index (χ1) is 12.5. The summed E-state index contributed by atoms with van der Waals surface area (Å²) in [5.74, 6) is 1.74. The van der Waals surface area contributed by atoms with Crippen LogP contribution in [0.3, 0.4) is 0 Å². The van der Waals surface area contributed by atoms with Crippen molar-refractivity contribution in [2.24, 2.45) is 0 Å². The maximum Gasteiger partial charge on any atom is 0.231 e. The SMILES string of the molecule is CCc1c(SSc2ncccc2C[N+](=O)[O-])cc(OC)c(OC)c1OC. The van der Waals surface area contributed by atoms with E-state index in [4.69, 9.17) is 14.2 Å². The second-order valence-electron chi connectivity index (χ2n) is 5.10. The molecule has 1 aromatic heterocycles. The van der Waals surface area contributed by atoms with Gasteiger partial charge in [0.05, 0.1) is 26.9 Å². The molecule has 0 radical (unpaired) electrons. The molecule has 0 aliphatic carbocycles. The normalized spacial score (nSPS) is 10.5. The van der Waals surface area contributed by atoms with Crippen molar-refractivity contribution in [3.8, 4) is 17.2 Å². The Labute approximate surface area is 160 Å². The molecular weight excluding hydrogens is 376 g/mol. The minimum Gasteiger partial charge on any atom is -0.493 e. The van der Waals surface area contributed by atoms with E-state index in [0.29, 0.717) is 27.8 Å². The summed E-state index contributed by atoms with van der Waals surface area (Å²) in [5.41, 5.74) is 1.56. The number of nitro groups is 1. The van der Waals surface area contributed by atoms with Gasteiger partial charge in [-0.3, -0.25) is 10.1 Å². The summed E-state index contributed by atoms with van der Waals surface area (Å²) in [6.07, 6.45) is 2.36. The number of methoxy groups -OCH3 is 3. The maximum atomic E-state index is 10.8. The summed E-state index contributed by atoms with van der Waals surface area (Å²) in [6.45, 7) is 1.77. The Morgan fingerprint density at radius 2 is 1.88 bits per heavy atom. The lowest BCUT2D eigenvalue weighted by molar-refractivity contribution is -0.497. The molecule has 140 valence electrons. The molecule has 1 aromatic carbocycles. The van der Waals surface area contributed by atoms with Gasteiger partial charge in [0.2, 0.25) is 12.3 Å². The number of ether oxygens (including phenoxy) is 3. The Balaban J connectivity index is 2.37. The first kappa shape index (κ1) is 20.2. The minimum absolute atomic E-state index is 0.257. The van der Waals surface area contributed by atoms with Crippen LogP contribution >= 0.6 is 21.6 Å². The van der Waals surface area contributed by atoms with Crippen LogP contribution in [0, 0.1) is 10.1 Å². The molecule has 9 heteroatoms. The van der Waals surface area contributed by atoms with Crippen LogP contribution in [0.15, 0.2) is 34.3 Å². The van der Waals surface area contributed by atoms with E-state index in [9.17, 15) is 10.1 Å². The lowest BCUT2D eigenvalue weighted by atomic mass is 10.1. The lowest BCUT2D eigenvalue weighted by Gasteiger charge is -2.18. The summed E-state index contributed by atoms with van der Waals surface area (Å²) in [4.78, 5) is 15.7. The fraction of sp³-hybridized carbons (Fsp3) is 0.353. The van der Waals surface area contributed by atoms with Crippen LogP contribution in [0.1, 0.15) is 18.1 Å². The standard InChI is InChI=1S/C17H20N2O5S2/c1-5-12-14(9-13(22-2)16(24-4)15(12)23-3)25-26-17-11(10-19(20)21)7-6-8-18-17/h6-9H,5,10H2,1-4H3. The van der Waals surface area contributed by atoms with Gasteiger partial charge < -0.3 is 14.2 Å². The van der Waals surface area contributed by atoms with E-state index in [1.54, 1.807) is 39.7 Å². The first-order valence-electron chi connectivity index (χ1n) is 7.77. The van der Waals surface area contributed by atoms with E-state index in [-0.39, 0.29) is 11.5 Å². The third-order valence-electron chi connectivity index (χ3n) is 3.61. The van der Waals surface area contributed by atoms with Crippen molar-refractivity contribution in [2.45, 2.75) is 29.8 Å². The highest BCUT2D eigenvalue weighted by molar-refractivity contribution is 8.76. The molecule has 0 aliphatic rings. The second kappa shape index (κ2) is 9.54. The Bertz CT molecular complexity index is 786. The van der Waals surface area contributed by atoms with E-state index in [1.165, 1.54) is 21.6 Å². The molecule has 0 fully saturated rings. The fourth-order valence-corrected chi connectivity index (χ4v) is 4.85. The molecule has 1 heterocycles. The molecule has 0 aliphatic heterocycles. The van der Waals surface area contributed by atoms with E-state index in [2.05, 4.69) is 4.98 Å². The van der Waals surface area contributed by atoms with Crippen molar-refractivity contribution < 1.29 is 19.1 Å². The van der Waals surface area contributed by atoms with Gasteiger partial charge in [-0.25, -0.2) is 4.98 Å². The molecule has 0 atom stereocenters. The average Bonchev–Trinajstić information content (AvgIpc) is 2.65. The van der Waals surface area contributed by atoms with Crippen molar-refractivity contribution >= 4 is 21.6 Å². The molecule has 7 nitrogen and oxygen atoms in total.